The molecule has 1 aliphatic rings. The van der Waals surface area contributed by atoms with E-state index < -0.39 is 0 Å². The van der Waals surface area contributed by atoms with E-state index in [2.05, 4.69) is 15.2 Å². The second-order valence-corrected chi connectivity index (χ2v) is 5.46. The highest BCUT2D eigenvalue weighted by molar-refractivity contribution is 6.05. The lowest BCUT2D eigenvalue weighted by molar-refractivity contribution is 0.101. The zero-order valence-corrected chi connectivity index (χ0v) is 13.0. The molecule has 3 rings (SSSR count). The van der Waals surface area contributed by atoms with Gasteiger partial charge in [-0.05, 0) is 37.3 Å². The maximum Gasteiger partial charge on any atom is 0.272 e. The van der Waals surface area contributed by atoms with E-state index in [1.165, 1.54) is 6.92 Å². The van der Waals surface area contributed by atoms with Crippen molar-refractivity contribution < 1.29 is 14.3 Å². The van der Waals surface area contributed by atoms with Gasteiger partial charge < -0.3 is 19.9 Å². The van der Waals surface area contributed by atoms with Crippen LogP contribution in [0.4, 0.5) is 11.4 Å². The summed E-state index contributed by atoms with van der Waals surface area (Å²) in [6.45, 7) is 4.70. The van der Waals surface area contributed by atoms with Crippen molar-refractivity contribution in [2.75, 3.05) is 36.5 Å². The number of aromatic nitrogens is 1. The monoisotopic (exact) mass is 313 g/mol. The van der Waals surface area contributed by atoms with Crippen LogP contribution in [0.2, 0.25) is 0 Å². The summed E-state index contributed by atoms with van der Waals surface area (Å²) in [7, 11) is 0. The predicted molar refractivity (Wildman–Crippen MR) is 88.2 cm³/mol. The molecule has 120 valence electrons. The number of carbonyl (C=O) groups excluding carboxylic acids is 2. The maximum absolute atomic E-state index is 12.2. The van der Waals surface area contributed by atoms with E-state index in [1.54, 1.807) is 12.3 Å². The van der Waals surface area contributed by atoms with E-state index in [-0.39, 0.29) is 11.7 Å². The minimum atomic E-state index is -0.267. The number of benzene rings is 1. The smallest absolute Gasteiger partial charge is 0.272 e. The molecule has 0 spiro atoms. The Labute approximate surface area is 134 Å². The molecule has 6 nitrogen and oxygen atoms in total. The number of ketones is 1. The van der Waals surface area contributed by atoms with Gasteiger partial charge in [0.1, 0.15) is 5.69 Å². The molecule has 2 heterocycles. The third kappa shape index (κ3) is 3.60. The number of ether oxygens (including phenoxy) is 1. The molecule has 1 saturated heterocycles. The van der Waals surface area contributed by atoms with Crippen LogP contribution in [0.3, 0.4) is 0 Å². The number of hydrogen-bond donors (Lipinski definition) is 2. The molecule has 0 atom stereocenters. The van der Waals surface area contributed by atoms with Gasteiger partial charge in [-0.15, -0.1) is 0 Å². The SMILES string of the molecule is CC(=O)c1c[nH]c(C(=O)Nc2ccc(N3CCOCC3)cc2)c1. The van der Waals surface area contributed by atoms with Crippen molar-refractivity contribution in [2.24, 2.45) is 0 Å². The van der Waals surface area contributed by atoms with Crippen LogP contribution < -0.4 is 10.2 Å². The molecule has 0 saturated carbocycles. The third-order valence-corrected chi connectivity index (χ3v) is 3.84. The summed E-state index contributed by atoms with van der Waals surface area (Å²) in [6, 6.07) is 9.27. The Bertz CT molecular complexity index is 700. The van der Waals surface area contributed by atoms with Crippen molar-refractivity contribution in [2.45, 2.75) is 6.92 Å². The zero-order chi connectivity index (χ0) is 16.2. The second kappa shape index (κ2) is 6.66. The van der Waals surface area contributed by atoms with E-state index >= 15 is 0 Å². The van der Waals surface area contributed by atoms with Crippen molar-refractivity contribution in [3.63, 3.8) is 0 Å². The van der Waals surface area contributed by atoms with Gasteiger partial charge in [-0.25, -0.2) is 0 Å². The van der Waals surface area contributed by atoms with Gasteiger partial charge in [-0.1, -0.05) is 0 Å². The topological polar surface area (TPSA) is 74.4 Å². The number of Topliss-reactive ketones (excluding diaryl/α,β-unsaturated/α-hetero) is 1. The van der Waals surface area contributed by atoms with Crippen LogP contribution >= 0.6 is 0 Å². The van der Waals surface area contributed by atoms with Gasteiger partial charge in [0, 0.05) is 36.2 Å². The molecule has 0 aliphatic carbocycles. The largest absolute Gasteiger partial charge is 0.378 e. The van der Waals surface area contributed by atoms with Crippen LogP contribution in [-0.4, -0.2) is 43.0 Å². The van der Waals surface area contributed by atoms with E-state index in [1.807, 2.05) is 24.3 Å². The molecule has 6 heteroatoms. The number of amides is 1. The molecular weight excluding hydrogens is 294 g/mol. The molecule has 0 radical (unpaired) electrons. The number of rotatable bonds is 4. The van der Waals surface area contributed by atoms with E-state index in [0.29, 0.717) is 16.9 Å². The summed E-state index contributed by atoms with van der Waals surface area (Å²) in [5.41, 5.74) is 2.70. The first-order valence-electron chi connectivity index (χ1n) is 7.57. The quantitative estimate of drug-likeness (QED) is 0.850. The van der Waals surface area contributed by atoms with Gasteiger partial charge in [-0.3, -0.25) is 9.59 Å². The Morgan fingerprint density at radius 1 is 1.17 bits per heavy atom. The van der Waals surface area contributed by atoms with E-state index in [0.717, 1.165) is 32.0 Å². The van der Waals surface area contributed by atoms with E-state index in [4.69, 9.17) is 4.74 Å². The van der Waals surface area contributed by atoms with Crippen molar-refractivity contribution >= 4 is 23.1 Å². The summed E-state index contributed by atoms with van der Waals surface area (Å²) in [5.74, 6) is -0.341. The second-order valence-electron chi connectivity index (χ2n) is 5.46. The number of H-pyrrole nitrogens is 1. The Morgan fingerprint density at radius 3 is 2.48 bits per heavy atom. The van der Waals surface area contributed by atoms with Gasteiger partial charge in [0.05, 0.1) is 13.2 Å². The number of morpholine rings is 1. The zero-order valence-electron chi connectivity index (χ0n) is 13.0. The van der Waals surface area contributed by atoms with Gasteiger partial charge in [-0.2, -0.15) is 0 Å². The van der Waals surface area contributed by atoms with Crippen LogP contribution in [-0.2, 0) is 4.74 Å². The average Bonchev–Trinajstić information content (AvgIpc) is 3.07. The van der Waals surface area contributed by atoms with Gasteiger partial charge >= 0.3 is 0 Å². The number of nitrogens with zero attached hydrogens (tertiary/aromatic N) is 1. The fourth-order valence-corrected chi connectivity index (χ4v) is 2.50. The summed E-state index contributed by atoms with van der Waals surface area (Å²) < 4.78 is 5.34. The Morgan fingerprint density at radius 2 is 1.87 bits per heavy atom. The third-order valence-electron chi connectivity index (χ3n) is 3.84. The lowest BCUT2D eigenvalue weighted by Gasteiger charge is -2.28. The maximum atomic E-state index is 12.2. The summed E-state index contributed by atoms with van der Waals surface area (Å²) >= 11 is 0. The van der Waals surface area contributed by atoms with Crippen LogP contribution in [0.15, 0.2) is 36.5 Å². The number of anilines is 2. The average molecular weight is 313 g/mol. The molecule has 0 bridgehead atoms. The lowest BCUT2D eigenvalue weighted by Crippen LogP contribution is -2.36. The van der Waals surface area contributed by atoms with Crippen molar-refractivity contribution in [3.05, 3.63) is 47.8 Å². The molecule has 23 heavy (non-hydrogen) atoms. The first-order chi connectivity index (χ1) is 11.1. The fraction of sp³-hybridized carbons (Fsp3) is 0.294. The number of nitrogens with one attached hydrogen (secondary N) is 2. The standard InChI is InChI=1S/C17H19N3O3/c1-12(21)13-10-16(18-11-13)17(22)19-14-2-4-15(5-3-14)20-6-8-23-9-7-20/h2-5,10-11,18H,6-9H2,1H3,(H,19,22). The molecule has 1 aromatic carbocycles. The number of carbonyl (C=O) groups is 2. The van der Waals surface area contributed by atoms with Crippen molar-refractivity contribution in [1.29, 1.82) is 0 Å². The predicted octanol–water partition coefficient (Wildman–Crippen LogP) is 2.31. The lowest BCUT2D eigenvalue weighted by atomic mass is 10.2. The molecule has 2 aromatic rings. The highest BCUT2D eigenvalue weighted by atomic mass is 16.5. The normalized spacial score (nSPS) is 14.6. The molecule has 1 aromatic heterocycles. The van der Waals surface area contributed by atoms with Gasteiger partial charge in [0.15, 0.2) is 5.78 Å². The van der Waals surface area contributed by atoms with Crippen LogP contribution in [0.5, 0.6) is 0 Å². The molecule has 1 amide bonds. The molecule has 1 aliphatic heterocycles. The van der Waals surface area contributed by atoms with Gasteiger partial charge in [0.25, 0.3) is 5.91 Å². The molecule has 1 fully saturated rings. The highest BCUT2D eigenvalue weighted by Crippen LogP contribution is 2.19. The Balaban J connectivity index is 1.65. The Hall–Kier alpha value is -2.60. The van der Waals surface area contributed by atoms with Gasteiger partial charge in [0.2, 0.25) is 0 Å². The molecule has 0 unspecified atom stereocenters. The summed E-state index contributed by atoms with van der Waals surface area (Å²) in [5, 5.41) is 2.82. The van der Waals surface area contributed by atoms with Crippen molar-refractivity contribution in [3.8, 4) is 0 Å². The summed E-state index contributed by atoms with van der Waals surface area (Å²) in [4.78, 5) is 28.5. The van der Waals surface area contributed by atoms with E-state index in [9.17, 15) is 9.59 Å². The fourth-order valence-electron chi connectivity index (χ4n) is 2.50. The number of hydrogen-bond acceptors (Lipinski definition) is 4. The van der Waals surface area contributed by atoms with Crippen LogP contribution in [0.1, 0.15) is 27.8 Å². The molecule has 2 N–H and O–H groups in total. The van der Waals surface area contributed by atoms with Crippen molar-refractivity contribution in [1.82, 2.24) is 4.98 Å². The first-order valence-corrected chi connectivity index (χ1v) is 7.57. The first kappa shape index (κ1) is 15.3. The minimum absolute atomic E-state index is 0.0739. The minimum Gasteiger partial charge on any atom is -0.378 e. The molecular formula is C17H19N3O3. The van der Waals surface area contributed by atoms with Crippen LogP contribution in [0.25, 0.3) is 0 Å². The summed E-state index contributed by atoms with van der Waals surface area (Å²) in [6.07, 6.45) is 1.54. The van der Waals surface area contributed by atoms with Crippen LogP contribution in [0, 0.1) is 0 Å². The Kier molecular flexibility index (Phi) is 4.43. The highest BCUT2D eigenvalue weighted by Gasteiger charge is 2.13. The number of aromatic amines is 1.